The minimum Gasteiger partial charge on any atom is -0.256 e. The lowest BCUT2D eigenvalue weighted by atomic mass is 9.99. The molecule has 0 aliphatic heterocycles. The number of hydrogen-bond acceptors (Lipinski definition) is 2. The Morgan fingerprint density at radius 3 is 2.31 bits per heavy atom. The summed E-state index contributed by atoms with van der Waals surface area (Å²) >= 11 is 0. The SMILES string of the molecule is Cc1cc(C(F)(F)F)c(C#N)c(C(C)C)n1. The number of pyridine rings is 1. The maximum absolute atomic E-state index is 12.7. The van der Waals surface area contributed by atoms with Crippen LogP contribution in [0.4, 0.5) is 13.2 Å². The van der Waals surface area contributed by atoms with E-state index in [1.165, 1.54) is 6.92 Å². The van der Waals surface area contributed by atoms with E-state index in [1.807, 2.05) is 0 Å². The summed E-state index contributed by atoms with van der Waals surface area (Å²) in [6.07, 6.45) is -4.51. The van der Waals surface area contributed by atoms with Crippen LogP contribution in [0, 0.1) is 18.3 Å². The molecule has 0 spiro atoms. The average molecular weight is 228 g/mol. The number of alkyl halides is 3. The highest BCUT2D eigenvalue weighted by molar-refractivity contribution is 5.44. The van der Waals surface area contributed by atoms with Gasteiger partial charge >= 0.3 is 6.18 Å². The van der Waals surface area contributed by atoms with Gasteiger partial charge in [-0.3, -0.25) is 4.98 Å². The van der Waals surface area contributed by atoms with Gasteiger partial charge in [0.05, 0.1) is 16.8 Å². The number of nitrogens with zero attached hydrogens (tertiary/aromatic N) is 2. The fourth-order valence-electron chi connectivity index (χ4n) is 1.46. The molecule has 0 fully saturated rings. The molecule has 0 bridgehead atoms. The minimum atomic E-state index is -4.51. The summed E-state index contributed by atoms with van der Waals surface area (Å²) in [6, 6.07) is 2.50. The zero-order chi connectivity index (χ0) is 12.5. The van der Waals surface area contributed by atoms with Crippen molar-refractivity contribution in [3.05, 3.63) is 28.6 Å². The Labute approximate surface area is 91.7 Å². The van der Waals surface area contributed by atoms with E-state index >= 15 is 0 Å². The summed E-state index contributed by atoms with van der Waals surface area (Å²) in [7, 11) is 0. The molecule has 0 aliphatic carbocycles. The Morgan fingerprint density at radius 2 is 1.94 bits per heavy atom. The van der Waals surface area contributed by atoms with E-state index in [0.29, 0.717) is 0 Å². The lowest BCUT2D eigenvalue weighted by molar-refractivity contribution is -0.137. The van der Waals surface area contributed by atoms with Crippen LogP contribution in [0.1, 0.15) is 42.3 Å². The zero-order valence-corrected chi connectivity index (χ0v) is 9.18. The van der Waals surface area contributed by atoms with E-state index < -0.39 is 11.7 Å². The summed E-state index contributed by atoms with van der Waals surface area (Å²) in [5.41, 5.74) is -0.788. The molecule has 0 aliphatic rings. The lowest BCUT2D eigenvalue weighted by Crippen LogP contribution is -2.12. The van der Waals surface area contributed by atoms with Gasteiger partial charge in [-0.25, -0.2) is 0 Å². The predicted octanol–water partition coefficient (Wildman–Crippen LogP) is 3.40. The number of nitriles is 1. The second-order valence-corrected chi connectivity index (χ2v) is 3.84. The molecule has 0 radical (unpaired) electrons. The van der Waals surface area contributed by atoms with Crippen LogP contribution in [-0.4, -0.2) is 4.98 Å². The third-order valence-electron chi connectivity index (χ3n) is 2.14. The first-order valence-corrected chi connectivity index (χ1v) is 4.76. The number of aromatic nitrogens is 1. The predicted molar refractivity (Wildman–Crippen MR) is 52.8 cm³/mol. The lowest BCUT2D eigenvalue weighted by Gasteiger charge is -2.14. The van der Waals surface area contributed by atoms with Crippen molar-refractivity contribution in [2.24, 2.45) is 0 Å². The second kappa shape index (κ2) is 4.12. The fourth-order valence-corrected chi connectivity index (χ4v) is 1.46. The number of hydrogen-bond donors (Lipinski definition) is 0. The first-order valence-electron chi connectivity index (χ1n) is 4.76. The molecule has 0 saturated carbocycles. The van der Waals surface area contributed by atoms with Crippen molar-refractivity contribution in [3.8, 4) is 6.07 Å². The first kappa shape index (κ1) is 12.5. The van der Waals surface area contributed by atoms with Crippen molar-refractivity contribution in [1.29, 1.82) is 5.26 Å². The second-order valence-electron chi connectivity index (χ2n) is 3.84. The summed E-state index contributed by atoms with van der Waals surface area (Å²) in [5.74, 6) is -0.212. The molecule has 1 heterocycles. The number of aryl methyl sites for hydroxylation is 1. The fraction of sp³-hybridized carbons (Fsp3) is 0.455. The Hall–Kier alpha value is -1.57. The first-order chi connectivity index (χ1) is 7.27. The molecule has 1 rings (SSSR count). The van der Waals surface area contributed by atoms with Crippen molar-refractivity contribution in [2.75, 3.05) is 0 Å². The molecule has 16 heavy (non-hydrogen) atoms. The summed E-state index contributed by atoms with van der Waals surface area (Å²) in [6.45, 7) is 4.91. The monoisotopic (exact) mass is 228 g/mol. The van der Waals surface area contributed by atoms with Crippen LogP contribution >= 0.6 is 0 Å². The Morgan fingerprint density at radius 1 is 1.38 bits per heavy atom. The van der Waals surface area contributed by atoms with Crippen molar-refractivity contribution >= 4 is 0 Å². The molecular weight excluding hydrogens is 217 g/mol. The quantitative estimate of drug-likeness (QED) is 0.738. The smallest absolute Gasteiger partial charge is 0.256 e. The van der Waals surface area contributed by atoms with Crippen molar-refractivity contribution in [2.45, 2.75) is 32.9 Å². The molecule has 0 saturated heterocycles. The Kier molecular flexibility index (Phi) is 3.22. The van der Waals surface area contributed by atoms with Crippen LogP contribution in [0.25, 0.3) is 0 Å². The summed E-state index contributed by atoms with van der Waals surface area (Å²) in [4.78, 5) is 4.00. The van der Waals surface area contributed by atoms with Gasteiger partial charge in [0.1, 0.15) is 6.07 Å². The molecule has 0 aromatic carbocycles. The molecule has 0 unspecified atom stereocenters. The highest BCUT2D eigenvalue weighted by atomic mass is 19.4. The maximum Gasteiger partial charge on any atom is 0.417 e. The van der Waals surface area contributed by atoms with E-state index in [9.17, 15) is 13.2 Å². The molecule has 2 nitrogen and oxygen atoms in total. The van der Waals surface area contributed by atoms with Crippen LogP contribution in [0.5, 0.6) is 0 Å². The van der Waals surface area contributed by atoms with Gasteiger partial charge in [0.25, 0.3) is 0 Å². The van der Waals surface area contributed by atoms with Gasteiger partial charge in [-0.05, 0) is 18.9 Å². The van der Waals surface area contributed by atoms with Gasteiger partial charge in [-0.1, -0.05) is 13.8 Å². The van der Waals surface area contributed by atoms with Gasteiger partial charge in [-0.15, -0.1) is 0 Å². The average Bonchev–Trinajstić information content (AvgIpc) is 2.14. The Bertz CT molecular complexity index is 442. The van der Waals surface area contributed by atoms with Gasteiger partial charge in [0, 0.05) is 5.69 Å². The van der Waals surface area contributed by atoms with E-state index in [4.69, 9.17) is 5.26 Å². The molecule has 1 aromatic heterocycles. The van der Waals surface area contributed by atoms with E-state index in [0.717, 1.165) is 6.07 Å². The van der Waals surface area contributed by atoms with Gasteiger partial charge < -0.3 is 0 Å². The highest BCUT2D eigenvalue weighted by Crippen LogP contribution is 2.34. The molecule has 0 N–H and O–H groups in total. The molecule has 86 valence electrons. The van der Waals surface area contributed by atoms with Crippen molar-refractivity contribution in [3.63, 3.8) is 0 Å². The standard InChI is InChI=1S/C11H11F3N2/c1-6(2)10-8(5-15)9(11(12,13)14)4-7(3)16-10/h4,6H,1-3H3. The van der Waals surface area contributed by atoms with E-state index in [2.05, 4.69) is 4.98 Å². The molecule has 5 heteroatoms. The topological polar surface area (TPSA) is 36.7 Å². The normalized spacial score (nSPS) is 11.6. The van der Waals surface area contributed by atoms with Crippen LogP contribution in [0.3, 0.4) is 0 Å². The third kappa shape index (κ3) is 2.32. The number of halogens is 3. The van der Waals surface area contributed by atoms with E-state index in [-0.39, 0.29) is 22.9 Å². The van der Waals surface area contributed by atoms with Crippen LogP contribution < -0.4 is 0 Å². The summed E-state index contributed by atoms with van der Waals surface area (Å²) in [5, 5.41) is 8.81. The van der Waals surface area contributed by atoms with E-state index in [1.54, 1.807) is 19.9 Å². The zero-order valence-electron chi connectivity index (χ0n) is 9.18. The molecule has 0 atom stereocenters. The van der Waals surface area contributed by atoms with Gasteiger partial charge in [0.15, 0.2) is 0 Å². The van der Waals surface area contributed by atoms with Crippen LogP contribution in [0.15, 0.2) is 6.07 Å². The van der Waals surface area contributed by atoms with Crippen LogP contribution in [-0.2, 0) is 6.18 Å². The van der Waals surface area contributed by atoms with Crippen molar-refractivity contribution in [1.82, 2.24) is 4.98 Å². The summed E-state index contributed by atoms with van der Waals surface area (Å²) < 4.78 is 38.0. The maximum atomic E-state index is 12.7. The minimum absolute atomic E-state index is 0.204. The Balaban J connectivity index is 3.57. The van der Waals surface area contributed by atoms with Crippen LogP contribution in [0.2, 0.25) is 0 Å². The molecule has 0 amide bonds. The molecular formula is C11H11F3N2. The van der Waals surface area contributed by atoms with Gasteiger partial charge in [0.2, 0.25) is 0 Å². The third-order valence-corrected chi connectivity index (χ3v) is 2.14. The highest BCUT2D eigenvalue weighted by Gasteiger charge is 2.35. The van der Waals surface area contributed by atoms with Crippen molar-refractivity contribution < 1.29 is 13.2 Å². The largest absolute Gasteiger partial charge is 0.417 e. The molecule has 1 aromatic rings. The number of rotatable bonds is 1. The van der Waals surface area contributed by atoms with Gasteiger partial charge in [-0.2, -0.15) is 18.4 Å².